The molecule has 1 saturated heterocycles. The Balaban J connectivity index is 2.13. The van der Waals surface area contributed by atoms with Gasteiger partial charge in [0, 0.05) is 19.6 Å². The van der Waals surface area contributed by atoms with E-state index in [0.717, 1.165) is 0 Å². The maximum atomic E-state index is 11.3. The summed E-state index contributed by atoms with van der Waals surface area (Å²) in [6.45, 7) is 3.54. The van der Waals surface area contributed by atoms with Crippen LogP contribution in [0.5, 0.6) is 0 Å². The Labute approximate surface area is 99.2 Å². The summed E-state index contributed by atoms with van der Waals surface area (Å²) >= 11 is 0. The molecule has 7 nitrogen and oxygen atoms in total. The first kappa shape index (κ1) is 13.4. The molecule has 0 atom stereocenters. The average Bonchev–Trinajstić information content (AvgIpc) is 2.13. The summed E-state index contributed by atoms with van der Waals surface area (Å²) in [6.07, 6.45) is 0.133. The molecule has 0 radical (unpaired) electrons. The number of hydrogen-bond donors (Lipinski definition) is 3. The Morgan fingerprint density at radius 2 is 2.00 bits per heavy atom. The van der Waals surface area contributed by atoms with Crippen LogP contribution >= 0.6 is 0 Å². The highest BCUT2D eigenvalue weighted by molar-refractivity contribution is 5.95. The van der Waals surface area contributed by atoms with Gasteiger partial charge in [-0.3, -0.25) is 19.8 Å². The summed E-state index contributed by atoms with van der Waals surface area (Å²) in [7, 11) is 0. The van der Waals surface area contributed by atoms with Crippen LogP contribution in [-0.4, -0.2) is 54.1 Å². The Bertz CT molecular complexity index is 313. The van der Waals surface area contributed by atoms with E-state index in [-0.39, 0.29) is 24.8 Å². The number of amides is 3. The summed E-state index contributed by atoms with van der Waals surface area (Å²) < 4.78 is 0. The number of imide groups is 1. The van der Waals surface area contributed by atoms with Gasteiger partial charge in [-0.2, -0.15) is 0 Å². The molecule has 3 amide bonds. The first-order valence-corrected chi connectivity index (χ1v) is 5.53. The Morgan fingerprint density at radius 3 is 2.53 bits per heavy atom. The van der Waals surface area contributed by atoms with Crippen LogP contribution in [0.15, 0.2) is 0 Å². The van der Waals surface area contributed by atoms with Gasteiger partial charge >= 0.3 is 12.0 Å². The zero-order valence-electron chi connectivity index (χ0n) is 9.73. The zero-order valence-corrected chi connectivity index (χ0v) is 9.73. The van der Waals surface area contributed by atoms with Gasteiger partial charge in [0.05, 0.1) is 13.0 Å². The molecule has 17 heavy (non-hydrogen) atoms. The fraction of sp³-hybridized carbons (Fsp3) is 0.700. The van der Waals surface area contributed by atoms with Crippen molar-refractivity contribution >= 4 is 17.9 Å². The third-order valence-electron chi connectivity index (χ3n) is 2.45. The van der Waals surface area contributed by atoms with Crippen molar-refractivity contribution in [1.29, 1.82) is 0 Å². The van der Waals surface area contributed by atoms with Crippen molar-refractivity contribution in [2.45, 2.75) is 13.3 Å². The summed E-state index contributed by atoms with van der Waals surface area (Å²) in [6, 6.07) is -0.500. The number of carboxylic acids is 1. The fourth-order valence-corrected chi connectivity index (χ4v) is 1.76. The van der Waals surface area contributed by atoms with Gasteiger partial charge in [-0.05, 0) is 12.8 Å². The van der Waals surface area contributed by atoms with Gasteiger partial charge in [0.15, 0.2) is 0 Å². The van der Waals surface area contributed by atoms with E-state index in [4.69, 9.17) is 5.11 Å². The van der Waals surface area contributed by atoms with Gasteiger partial charge in [0.25, 0.3) is 0 Å². The predicted molar refractivity (Wildman–Crippen MR) is 59.4 cm³/mol. The number of carbonyl (C=O) groups excluding carboxylic acids is 2. The molecular formula is C10H17N3O4. The van der Waals surface area contributed by atoms with Gasteiger partial charge in [0.1, 0.15) is 0 Å². The van der Waals surface area contributed by atoms with Gasteiger partial charge in [-0.15, -0.1) is 0 Å². The third-order valence-corrected chi connectivity index (χ3v) is 2.45. The number of nitrogens with one attached hydrogen (secondary N) is 2. The normalized spacial score (nSPS) is 16.1. The molecule has 0 saturated carbocycles. The van der Waals surface area contributed by atoms with Crippen LogP contribution in [0.25, 0.3) is 0 Å². The highest BCUT2D eigenvalue weighted by atomic mass is 16.4. The Kier molecular flexibility index (Phi) is 4.89. The number of likely N-dealkylation sites (tertiary alicyclic amines) is 1. The van der Waals surface area contributed by atoms with Gasteiger partial charge in [-0.1, -0.05) is 0 Å². The standard InChI is InChI=1S/C10H17N3O4/c1-2-11-10(17)12-8(14)6-13-4-7(5-13)3-9(15)16/h7H,2-6H2,1H3,(H,15,16)(H2,11,12,14,17). The van der Waals surface area contributed by atoms with Crippen LogP contribution < -0.4 is 10.6 Å². The van der Waals surface area contributed by atoms with E-state index in [1.54, 1.807) is 6.92 Å². The van der Waals surface area contributed by atoms with Crippen molar-refractivity contribution < 1.29 is 19.5 Å². The number of carbonyl (C=O) groups is 3. The monoisotopic (exact) mass is 243 g/mol. The molecular weight excluding hydrogens is 226 g/mol. The molecule has 0 aromatic rings. The molecule has 3 N–H and O–H groups in total. The molecule has 96 valence electrons. The van der Waals surface area contributed by atoms with Crippen LogP contribution in [0.2, 0.25) is 0 Å². The van der Waals surface area contributed by atoms with Crippen LogP contribution in [0, 0.1) is 5.92 Å². The molecule has 1 aliphatic heterocycles. The number of nitrogens with zero attached hydrogens (tertiary/aromatic N) is 1. The lowest BCUT2D eigenvalue weighted by Crippen LogP contribution is -2.52. The topological polar surface area (TPSA) is 98.7 Å². The quantitative estimate of drug-likeness (QED) is 0.589. The second-order valence-electron chi connectivity index (χ2n) is 4.07. The van der Waals surface area contributed by atoms with Crippen molar-refractivity contribution in [3.63, 3.8) is 0 Å². The second-order valence-corrected chi connectivity index (χ2v) is 4.07. The number of rotatable bonds is 5. The zero-order chi connectivity index (χ0) is 12.8. The minimum absolute atomic E-state index is 0.116. The third kappa shape index (κ3) is 4.81. The van der Waals surface area contributed by atoms with E-state index in [2.05, 4.69) is 10.6 Å². The van der Waals surface area contributed by atoms with Crippen LogP contribution in [0.1, 0.15) is 13.3 Å². The lowest BCUT2D eigenvalue weighted by Gasteiger charge is -2.37. The Morgan fingerprint density at radius 1 is 1.35 bits per heavy atom. The molecule has 0 bridgehead atoms. The molecule has 1 rings (SSSR count). The molecule has 0 unspecified atom stereocenters. The lowest BCUT2D eigenvalue weighted by atomic mass is 9.96. The van der Waals surface area contributed by atoms with Gasteiger partial charge < -0.3 is 10.4 Å². The highest BCUT2D eigenvalue weighted by Crippen LogP contribution is 2.17. The molecule has 1 heterocycles. The number of urea groups is 1. The predicted octanol–water partition coefficient (Wildman–Crippen LogP) is -0.761. The van der Waals surface area contributed by atoms with Crippen molar-refractivity contribution in [2.24, 2.45) is 5.92 Å². The maximum Gasteiger partial charge on any atom is 0.321 e. The summed E-state index contributed by atoms with van der Waals surface area (Å²) in [5, 5.41) is 13.2. The molecule has 0 aliphatic carbocycles. The number of aliphatic carboxylic acids is 1. The van der Waals surface area contributed by atoms with Gasteiger partial charge in [-0.25, -0.2) is 4.79 Å². The highest BCUT2D eigenvalue weighted by Gasteiger charge is 2.29. The largest absolute Gasteiger partial charge is 0.481 e. The van der Waals surface area contributed by atoms with E-state index in [1.165, 1.54) is 0 Å². The number of hydrogen-bond acceptors (Lipinski definition) is 4. The minimum atomic E-state index is -0.818. The number of carboxylic acid groups (broad SMARTS) is 1. The van der Waals surface area contributed by atoms with Crippen LogP contribution in [0.4, 0.5) is 4.79 Å². The van der Waals surface area contributed by atoms with Crippen molar-refractivity contribution in [2.75, 3.05) is 26.2 Å². The fourth-order valence-electron chi connectivity index (χ4n) is 1.76. The van der Waals surface area contributed by atoms with E-state index < -0.39 is 12.0 Å². The molecule has 1 aliphatic rings. The first-order chi connectivity index (χ1) is 8.01. The molecule has 7 heteroatoms. The van der Waals surface area contributed by atoms with Crippen molar-refractivity contribution in [3.8, 4) is 0 Å². The van der Waals surface area contributed by atoms with Crippen molar-refractivity contribution in [1.82, 2.24) is 15.5 Å². The summed E-state index contributed by atoms with van der Waals surface area (Å²) in [5.74, 6) is -1.07. The molecule has 1 fully saturated rings. The Hall–Kier alpha value is -1.63. The van der Waals surface area contributed by atoms with E-state index in [9.17, 15) is 14.4 Å². The second kappa shape index (κ2) is 6.19. The SMILES string of the molecule is CCNC(=O)NC(=O)CN1CC(CC(=O)O)C1. The van der Waals surface area contributed by atoms with E-state index >= 15 is 0 Å². The summed E-state index contributed by atoms with van der Waals surface area (Å²) in [4.78, 5) is 34.5. The van der Waals surface area contributed by atoms with Crippen LogP contribution in [0.3, 0.4) is 0 Å². The maximum absolute atomic E-state index is 11.3. The first-order valence-electron chi connectivity index (χ1n) is 5.53. The molecule has 0 aromatic carbocycles. The van der Waals surface area contributed by atoms with E-state index in [1.807, 2.05) is 4.90 Å². The lowest BCUT2D eigenvalue weighted by molar-refractivity contribution is -0.139. The minimum Gasteiger partial charge on any atom is -0.481 e. The summed E-state index contributed by atoms with van der Waals surface area (Å²) in [5.41, 5.74) is 0. The van der Waals surface area contributed by atoms with Crippen molar-refractivity contribution in [3.05, 3.63) is 0 Å². The molecule has 0 aromatic heterocycles. The van der Waals surface area contributed by atoms with Gasteiger partial charge in [0.2, 0.25) is 5.91 Å². The average molecular weight is 243 g/mol. The smallest absolute Gasteiger partial charge is 0.321 e. The van der Waals surface area contributed by atoms with Crippen LogP contribution in [-0.2, 0) is 9.59 Å². The molecule has 0 spiro atoms. The van der Waals surface area contributed by atoms with E-state index in [0.29, 0.717) is 19.6 Å².